The molecule has 0 radical (unpaired) electrons. The van der Waals surface area contributed by atoms with Gasteiger partial charge in [-0.25, -0.2) is 4.68 Å². The molecule has 0 aliphatic carbocycles. The molecule has 0 aliphatic heterocycles. The highest BCUT2D eigenvalue weighted by molar-refractivity contribution is 5.94. The number of para-hydroxylation sites is 1. The molecule has 0 bridgehead atoms. The second-order valence-electron chi connectivity index (χ2n) is 5.55. The minimum Gasteiger partial charge on any atom is -0.494 e. The fraction of sp³-hybridized carbons (Fsp3) is 0.150. The summed E-state index contributed by atoms with van der Waals surface area (Å²) >= 11 is 0. The molecule has 1 aromatic heterocycles. The van der Waals surface area contributed by atoms with Gasteiger partial charge >= 0.3 is 0 Å². The van der Waals surface area contributed by atoms with E-state index in [0.717, 1.165) is 5.69 Å². The molecule has 0 fully saturated rings. The van der Waals surface area contributed by atoms with Crippen molar-refractivity contribution < 1.29 is 9.53 Å². The van der Waals surface area contributed by atoms with Gasteiger partial charge in [-0.1, -0.05) is 18.2 Å². The largest absolute Gasteiger partial charge is 0.494 e. The average Bonchev–Trinajstić information content (AvgIpc) is 3.17. The molecule has 3 aromatic rings. The lowest BCUT2D eigenvalue weighted by Gasteiger charge is -2.10. The van der Waals surface area contributed by atoms with Crippen LogP contribution in [0.25, 0.3) is 5.69 Å². The highest BCUT2D eigenvalue weighted by atomic mass is 16.5. The van der Waals surface area contributed by atoms with Gasteiger partial charge in [-0.05, 0) is 43.3 Å². The first-order valence-corrected chi connectivity index (χ1v) is 8.24. The molecular weight excluding hydrogens is 328 g/mol. The van der Waals surface area contributed by atoms with Gasteiger partial charge in [0.15, 0.2) is 0 Å². The van der Waals surface area contributed by atoms with Crippen molar-refractivity contribution in [1.29, 1.82) is 5.26 Å². The van der Waals surface area contributed by atoms with Crippen molar-refractivity contribution in [3.05, 3.63) is 78.1 Å². The van der Waals surface area contributed by atoms with Crippen LogP contribution in [0.5, 0.6) is 5.75 Å². The van der Waals surface area contributed by atoms with Crippen LogP contribution < -0.4 is 10.1 Å². The lowest BCUT2D eigenvalue weighted by molar-refractivity contribution is 0.0945. The van der Waals surface area contributed by atoms with Crippen molar-refractivity contribution in [2.24, 2.45) is 0 Å². The zero-order chi connectivity index (χ0) is 18.4. The predicted octanol–water partition coefficient (Wildman–Crippen LogP) is 3.27. The lowest BCUT2D eigenvalue weighted by atomic mass is 10.1. The van der Waals surface area contributed by atoms with Crippen molar-refractivity contribution in [2.45, 2.75) is 13.0 Å². The molecule has 6 heteroatoms. The molecule has 3 rings (SSSR count). The molecule has 26 heavy (non-hydrogen) atoms. The second-order valence-corrected chi connectivity index (χ2v) is 5.55. The number of carbonyl (C=O) groups is 1. The monoisotopic (exact) mass is 346 g/mol. The summed E-state index contributed by atoms with van der Waals surface area (Å²) in [6.07, 6.45) is 3.32. The molecule has 0 spiro atoms. The van der Waals surface area contributed by atoms with E-state index in [4.69, 9.17) is 4.74 Å². The van der Waals surface area contributed by atoms with E-state index in [9.17, 15) is 10.1 Å². The SMILES string of the molecule is CCOc1ccc(C(=O)N[C@@H](C#N)c2cnn(-c3ccccc3)c2)cc1. The van der Waals surface area contributed by atoms with Crippen LogP contribution in [0.4, 0.5) is 0 Å². The first-order valence-electron chi connectivity index (χ1n) is 8.24. The number of nitriles is 1. The summed E-state index contributed by atoms with van der Waals surface area (Å²) in [6.45, 7) is 2.46. The summed E-state index contributed by atoms with van der Waals surface area (Å²) in [5.74, 6) is 0.372. The minimum absolute atomic E-state index is 0.327. The highest BCUT2D eigenvalue weighted by Gasteiger charge is 2.17. The molecule has 2 aromatic carbocycles. The van der Waals surface area contributed by atoms with Crippen LogP contribution in [0.1, 0.15) is 28.9 Å². The quantitative estimate of drug-likeness (QED) is 0.743. The Morgan fingerprint density at radius 2 is 1.96 bits per heavy atom. The van der Waals surface area contributed by atoms with Crippen LogP contribution in [0.3, 0.4) is 0 Å². The van der Waals surface area contributed by atoms with E-state index >= 15 is 0 Å². The molecule has 1 N–H and O–H groups in total. The van der Waals surface area contributed by atoms with Gasteiger partial charge in [-0.2, -0.15) is 10.4 Å². The molecule has 0 saturated carbocycles. The Morgan fingerprint density at radius 1 is 1.23 bits per heavy atom. The van der Waals surface area contributed by atoms with Crippen molar-refractivity contribution >= 4 is 5.91 Å². The number of amides is 1. The zero-order valence-electron chi connectivity index (χ0n) is 14.3. The molecule has 0 aliphatic rings. The Balaban J connectivity index is 1.72. The number of nitrogens with zero attached hydrogens (tertiary/aromatic N) is 3. The average molecular weight is 346 g/mol. The number of hydrogen-bond acceptors (Lipinski definition) is 4. The number of ether oxygens (including phenoxy) is 1. The van der Waals surface area contributed by atoms with Crippen molar-refractivity contribution in [2.75, 3.05) is 6.61 Å². The zero-order valence-corrected chi connectivity index (χ0v) is 14.3. The van der Waals surface area contributed by atoms with E-state index < -0.39 is 6.04 Å². The first-order chi connectivity index (χ1) is 12.7. The lowest BCUT2D eigenvalue weighted by Crippen LogP contribution is -2.27. The van der Waals surface area contributed by atoms with Gasteiger partial charge in [-0.15, -0.1) is 0 Å². The summed E-state index contributed by atoms with van der Waals surface area (Å²) in [6, 6.07) is 17.7. The van der Waals surface area contributed by atoms with Gasteiger partial charge in [-0.3, -0.25) is 4.79 Å². The van der Waals surface area contributed by atoms with Crippen LogP contribution in [0.2, 0.25) is 0 Å². The van der Waals surface area contributed by atoms with Crippen molar-refractivity contribution in [1.82, 2.24) is 15.1 Å². The summed E-state index contributed by atoms with van der Waals surface area (Å²) in [5, 5.41) is 16.4. The van der Waals surface area contributed by atoms with Crippen LogP contribution in [0, 0.1) is 11.3 Å². The molecule has 130 valence electrons. The fourth-order valence-electron chi connectivity index (χ4n) is 2.48. The maximum Gasteiger partial charge on any atom is 0.252 e. The number of rotatable bonds is 6. The van der Waals surface area contributed by atoms with E-state index in [1.807, 2.05) is 37.3 Å². The summed E-state index contributed by atoms with van der Waals surface area (Å²) in [4.78, 5) is 12.4. The summed E-state index contributed by atoms with van der Waals surface area (Å²) < 4.78 is 7.03. The van der Waals surface area contributed by atoms with Crippen LogP contribution in [-0.2, 0) is 0 Å². The fourth-order valence-corrected chi connectivity index (χ4v) is 2.48. The Bertz CT molecular complexity index is 911. The molecule has 0 unspecified atom stereocenters. The van der Waals surface area contributed by atoms with E-state index in [0.29, 0.717) is 23.5 Å². The van der Waals surface area contributed by atoms with Gasteiger partial charge in [0.2, 0.25) is 0 Å². The van der Waals surface area contributed by atoms with Gasteiger partial charge < -0.3 is 10.1 Å². The Morgan fingerprint density at radius 3 is 2.62 bits per heavy atom. The number of carbonyl (C=O) groups excluding carboxylic acids is 1. The maximum atomic E-state index is 12.4. The maximum absolute atomic E-state index is 12.4. The molecule has 1 atom stereocenters. The van der Waals surface area contributed by atoms with Crippen LogP contribution in [0.15, 0.2) is 67.0 Å². The van der Waals surface area contributed by atoms with Gasteiger partial charge in [0.05, 0.1) is 24.6 Å². The van der Waals surface area contributed by atoms with Crippen LogP contribution in [-0.4, -0.2) is 22.3 Å². The van der Waals surface area contributed by atoms with E-state index in [1.165, 1.54) is 0 Å². The molecule has 1 heterocycles. The van der Waals surface area contributed by atoms with Gasteiger partial charge in [0, 0.05) is 17.3 Å². The first kappa shape index (κ1) is 17.2. The number of benzene rings is 2. The Kier molecular flexibility index (Phi) is 5.30. The molecule has 1 amide bonds. The van der Waals surface area contributed by atoms with Gasteiger partial charge in [0.1, 0.15) is 11.8 Å². The second kappa shape index (κ2) is 7.99. The Labute approximate surface area is 151 Å². The van der Waals surface area contributed by atoms with E-state index in [1.54, 1.807) is 41.3 Å². The minimum atomic E-state index is -0.786. The summed E-state index contributed by atoms with van der Waals surface area (Å²) in [7, 11) is 0. The number of nitrogens with one attached hydrogen (secondary N) is 1. The topological polar surface area (TPSA) is 79.9 Å². The van der Waals surface area contributed by atoms with Crippen LogP contribution >= 0.6 is 0 Å². The molecule has 0 saturated heterocycles. The van der Waals surface area contributed by atoms with Crippen molar-refractivity contribution in [3.8, 4) is 17.5 Å². The standard InChI is InChI=1S/C20H18N4O2/c1-2-26-18-10-8-15(9-11-18)20(25)23-19(12-21)16-13-22-24(14-16)17-6-4-3-5-7-17/h3-11,13-14,19H,2H2,1H3,(H,23,25)/t19-/m0/s1. The third-order valence-electron chi connectivity index (χ3n) is 3.79. The highest BCUT2D eigenvalue weighted by Crippen LogP contribution is 2.16. The Hall–Kier alpha value is -3.59. The normalized spacial score (nSPS) is 11.4. The third kappa shape index (κ3) is 3.90. The number of aromatic nitrogens is 2. The van der Waals surface area contributed by atoms with Gasteiger partial charge in [0.25, 0.3) is 5.91 Å². The van der Waals surface area contributed by atoms with Crippen molar-refractivity contribution in [3.63, 3.8) is 0 Å². The van der Waals surface area contributed by atoms with E-state index in [-0.39, 0.29) is 5.91 Å². The predicted molar refractivity (Wildman–Crippen MR) is 97.0 cm³/mol. The third-order valence-corrected chi connectivity index (χ3v) is 3.79. The molecular formula is C20H18N4O2. The number of hydrogen-bond donors (Lipinski definition) is 1. The summed E-state index contributed by atoms with van der Waals surface area (Å²) in [5.41, 5.74) is 1.97. The smallest absolute Gasteiger partial charge is 0.252 e. The molecule has 6 nitrogen and oxygen atoms in total. The van der Waals surface area contributed by atoms with E-state index in [2.05, 4.69) is 16.5 Å².